The maximum Gasteiger partial charge on any atom is 0.243 e. The second-order valence-electron chi connectivity index (χ2n) is 6.29. The van der Waals surface area contributed by atoms with E-state index in [2.05, 4.69) is 15.4 Å². The van der Waals surface area contributed by atoms with Gasteiger partial charge in [0, 0.05) is 11.6 Å². The summed E-state index contributed by atoms with van der Waals surface area (Å²) in [6, 6.07) is 4.66. The number of aryl methyl sites for hydroxylation is 1. The Morgan fingerprint density at radius 2 is 1.84 bits per heavy atom. The van der Waals surface area contributed by atoms with Crippen molar-refractivity contribution in [2.24, 2.45) is 5.92 Å². The van der Waals surface area contributed by atoms with Crippen LogP contribution in [-0.4, -0.2) is 33.8 Å². The first-order valence-corrected chi connectivity index (χ1v) is 9.93. The van der Waals surface area contributed by atoms with E-state index in [0.717, 1.165) is 32.1 Å². The zero-order valence-electron chi connectivity index (χ0n) is 14.6. The van der Waals surface area contributed by atoms with Crippen LogP contribution in [0.1, 0.15) is 37.7 Å². The molecular formula is C17H25N3O4S. The lowest BCUT2D eigenvalue weighted by Gasteiger charge is -2.20. The number of nitrogens with one attached hydrogen (secondary N) is 3. The Balaban J connectivity index is 1.94. The summed E-state index contributed by atoms with van der Waals surface area (Å²) in [4.78, 5) is 24.2. The molecule has 1 saturated carbocycles. The van der Waals surface area contributed by atoms with Gasteiger partial charge in [0.2, 0.25) is 21.8 Å². The highest BCUT2D eigenvalue weighted by Crippen LogP contribution is 2.23. The highest BCUT2D eigenvalue weighted by Gasteiger charge is 2.21. The fraction of sp³-hybridized carbons (Fsp3) is 0.529. The van der Waals surface area contributed by atoms with Crippen LogP contribution in [0.2, 0.25) is 0 Å². The number of rotatable bonds is 6. The molecule has 138 valence electrons. The molecule has 0 heterocycles. The Morgan fingerprint density at radius 3 is 2.48 bits per heavy atom. The zero-order chi connectivity index (χ0) is 18.4. The number of hydrogen-bond donors (Lipinski definition) is 3. The fourth-order valence-electron chi connectivity index (χ4n) is 2.96. The molecule has 1 aliphatic rings. The predicted molar refractivity (Wildman–Crippen MR) is 95.6 cm³/mol. The second-order valence-corrected chi connectivity index (χ2v) is 8.14. The van der Waals surface area contributed by atoms with E-state index in [1.807, 2.05) is 0 Å². The summed E-state index contributed by atoms with van der Waals surface area (Å²) < 4.78 is 26.2. The quantitative estimate of drug-likeness (QED) is 0.709. The lowest BCUT2D eigenvalue weighted by molar-refractivity contribution is -0.128. The number of hydrogen-bond acceptors (Lipinski definition) is 4. The van der Waals surface area contributed by atoms with Gasteiger partial charge in [0.1, 0.15) is 0 Å². The van der Waals surface area contributed by atoms with Crippen molar-refractivity contribution in [1.29, 1.82) is 0 Å². The van der Waals surface area contributed by atoms with Crippen LogP contribution in [0.5, 0.6) is 0 Å². The Kier molecular flexibility index (Phi) is 6.55. The van der Waals surface area contributed by atoms with Crippen molar-refractivity contribution in [3.8, 4) is 0 Å². The van der Waals surface area contributed by atoms with E-state index in [9.17, 15) is 18.0 Å². The normalized spacial score (nSPS) is 15.6. The first-order valence-electron chi connectivity index (χ1n) is 8.45. The fourth-order valence-corrected chi connectivity index (χ4v) is 3.95. The minimum Gasteiger partial charge on any atom is -0.347 e. The topological polar surface area (TPSA) is 104 Å². The molecule has 1 aromatic carbocycles. The van der Waals surface area contributed by atoms with Crippen molar-refractivity contribution in [1.82, 2.24) is 10.0 Å². The van der Waals surface area contributed by atoms with Crippen molar-refractivity contribution < 1.29 is 18.0 Å². The molecule has 0 radical (unpaired) electrons. The smallest absolute Gasteiger partial charge is 0.243 e. The van der Waals surface area contributed by atoms with Crippen molar-refractivity contribution in [3.05, 3.63) is 23.8 Å². The summed E-state index contributed by atoms with van der Waals surface area (Å²) in [5.74, 6) is -0.480. The Hall–Kier alpha value is -1.93. The second kappa shape index (κ2) is 8.44. The molecular weight excluding hydrogens is 342 g/mol. The highest BCUT2D eigenvalue weighted by molar-refractivity contribution is 7.89. The summed E-state index contributed by atoms with van der Waals surface area (Å²) in [5, 5.41) is 5.28. The van der Waals surface area contributed by atoms with Crippen molar-refractivity contribution >= 4 is 27.5 Å². The van der Waals surface area contributed by atoms with Crippen molar-refractivity contribution in [3.63, 3.8) is 0 Å². The largest absolute Gasteiger partial charge is 0.347 e. The molecule has 0 spiro atoms. The number of amides is 2. The maximum absolute atomic E-state index is 12.0. The Labute approximate surface area is 148 Å². The van der Waals surface area contributed by atoms with Gasteiger partial charge in [-0.15, -0.1) is 0 Å². The monoisotopic (exact) mass is 367 g/mol. The molecule has 2 amide bonds. The minimum atomic E-state index is -3.60. The van der Waals surface area contributed by atoms with E-state index < -0.39 is 10.0 Å². The standard InChI is InChI=1S/C17H25N3O4S/c1-12-8-9-14(10-15(12)25(23,24)18-2)20-16(21)11-19-17(22)13-6-4-3-5-7-13/h8-10,13,18H,3-7,11H2,1-2H3,(H,19,22)(H,20,21). The van der Waals surface area contributed by atoms with Crippen LogP contribution in [0.15, 0.2) is 23.1 Å². The molecule has 25 heavy (non-hydrogen) atoms. The lowest BCUT2D eigenvalue weighted by Crippen LogP contribution is -2.37. The predicted octanol–water partition coefficient (Wildman–Crippen LogP) is 1.54. The average molecular weight is 367 g/mol. The summed E-state index contributed by atoms with van der Waals surface area (Å²) in [5.41, 5.74) is 0.953. The lowest BCUT2D eigenvalue weighted by atomic mass is 9.89. The summed E-state index contributed by atoms with van der Waals surface area (Å²) >= 11 is 0. The SMILES string of the molecule is CNS(=O)(=O)c1cc(NC(=O)CNC(=O)C2CCCCC2)ccc1C. The first kappa shape index (κ1) is 19.4. The van der Waals surface area contributed by atoms with Gasteiger partial charge in [-0.05, 0) is 44.5 Å². The van der Waals surface area contributed by atoms with E-state index in [0.29, 0.717) is 11.3 Å². The molecule has 0 atom stereocenters. The third-order valence-electron chi connectivity index (χ3n) is 4.43. The molecule has 0 unspecified atom stereocenters. The molecule has 1 fully saturated rings. The van der Waals surface area contributed by atoms with Gasteiger partial charge in [-0.2, -0.15) is 0 Å². The van der Waals surface area contributed by atoms with Gasteiger partial charge in [0.05, 0.1) is 11.4 Å². The molecule has 7 nitrogen and oxygen atoms in total. The number of anilines is 1. The Morgan fingerprint density at radius 1 is 1.16 bits per heavy atom. The number of sulfonamides is 1. The number of benzene rings is 1. The van der Waals surface area contributed by atoms with Crippen LogP contribution in [0.4, 0.5) is 5.69 Å². The third-order valence-corrected chi connectivity index (χ3v) is 5.99. The number of carbonyl (C=O) groups is 2. The zero-order valence-corrected chi connectivity index (χ0v) is 15.4. The van der Waals surface area contributed by atoms with E-state index in [-0.39, 0.29) is 29.2 Å². The van der Waals surface area contributed by atoms with E-state index >= 15 is 0 Å². The van der Waals surface area contributed by atoms with Crippen LogP contribution in [0, 0.1) is 12.8 Å². The third kappa shape index (κ3) is 5.27. The van der Waals surface area contributed by atoms with Gasteiger partial charge < -0.3 is 10.6 Å². The molecule has 0 aliphatic heterocycles. The van der Waals surface area contributed by atoms with Crippen LogP contribution < -0.4 is 15.4 Å². The molecule has 1 aliphatic carbocycles. The molecule has 0 saturated heterocycles. The van der Waals surface area contributed by atoms with Crippen LogP contribution in [0.3, 0.4) is 0 Å². The van der Waals surface area contributed by atoms with Crippen molar-refractivity contribution in [2.75, 3.05) is 18.9 Å². The van der Waals surface area contributed by atoms with Gasteiger partial charge in [-0.25, -0.2) is 13.1 Å². The molecule has 2 rings (SSSR count). The van der Waals surface area contributed by atoms with E-state index in [4.69, 9.17) is 0 Å². The minimum absolute atomic E-state index is 0.00620. The average Bonchev–Trinajstić information content (AvgIpc) is 2.62. The summed E-state index contributed by atoms with van der Waals surface area (Å²) in [6.45, 7) is 1.55. The highest BCUT2D eigenvalue weighted by atomic mass is 32.2. The van der Waals surface area contributed by atoms with Gasteiger partial charge in [0.25, 0.3) is 0 Å². The molecule has 0 bridgehead atoms. The van der Waals surface area contributed by atoms with Crippen LogP contribution >= 0.6 is 0 Å². The van der Waals surface area contributed by atoms with Crippen LogP contribution in [0.25, 0.3) is 0 Å². The van der Waals surface area contributed by atoms with Crippen LogP contribution in [-0.2, 0) is 19.6 Å². The molecule has 8 heteroatoms. The van der Waals surface area contributed by atoms with E-state index in [1.165, 1.54) is 13.1 Å². The maximum atomic E-state index is 12.0. The van der Waals surface area contributed by atoms with Crippen molar-refractivity contribution in [2.45, 2.75) is 43.9 Å². The van der Waals surface area contributed by atoms with Gasteiger partial charge in [-0.3, -0.25) is 9.59 Å². The molecule has 0 aromatic heterocycles. The van der Waals surface area contributed by atoms with Gasteiger partial charge >= 0.3 is 0 Å². The van der Waals surface area contributed by atoms with Gasteiger partial charge in [-0.1, -0.05) is 25.3 Å². The van der Waals surface area contributed by atoms with Gasteiger partial charge in [0.15, 0.2) is 0 Å². The summed E-state index contributed by atoms with van der Waals surface area (Å²) in [6.07, 6.45) is 5.01. The summed E-state index contributed by atoms with van der Waals surface area (Å²) in [7, 11) is -2.26. The molecule has 3 N–H and O–H groups in total. The molecule has 1 aromatic rings. The van der Waals surface area contributed by atoms with E-state index in [1.54, 1.807) is 19.1 Å². The Bertz CT molecular complexity index is 740. The number of carbonyl (C=O) groups excluding carboxylic acids is 2. The first-order chi connectivity index (χ1) is 11.8.